The lowest BCUT2D eigenvalue weighted by molar-refractivity contribution is -0.385. The zero-order chi connectivity index (χ0) is 20.8. The van der Waals surface area contributed by atoms with E-state index in [0.717, 1.165) is 5.56 Å². The molecule has 0 amide bonds. The van der Waals surface area contributed by atoms with Gasteiger partial charge in [-0.15, -0.1) is 0 Å². The molecule has 0 aliphatic heterocycles. The molecule has 0 saturated carbocycles. The Morgan fingerprint density at radius 1 is 1.34 bits per heavy atom. The molecule has 0 saturated heterocycles. The molecule has 1 N–H and O–H groups in total. The van der Waals surface area contributed by atoms with E-state index in [1.165, 1.54) is 24.1 Å². The van der Waals surface area contributed by atoms with Crippen LogP contribution in [0.4, 0.5) is 5.69 Å². The molecule has 2 aromatic carbocycles. The van der Waals surface area contributed by atoms with Gasteiger partial charge in [0.25, 0.3) is 0 Å². The van der Waals surface area contributed by atoms with Gasteiger partial charge in [-0.3, -0.25) is 15.2 Å². The molecule has 1 heterocycles. The number of nitro benzene ring substituents is 1. The van der Waals surface area contributed by atoms with Crippen LogP contribution in [0.2, 0.25) is 0 Å². The minimum absolute atomic E-state index is 0.0682. The van der Waals surface area contributed by atoms with E-state index in [-0.39, 0.29) is 17.2 Å². The molecule has 29 heavy (non-hydrogen) atoms. The van der Waals surface area contributed by atoms with Gasteiger partial charge in [-0.25, -0.2) is 0 Å². The number of aromatic nitrogens is 3. The topological polar surface area (TPSA) is 108 Å². The average molecular weight is 413 g/mol. The predicted molar refractivity (Wildman–Crippen MR) is 110 cm³/mol. The number of nitro groups is 1. The van der Waals surface area contributed by atoms with E-state index in [1.54, 1.807) is 13.0 Å². The number of rotatable bonds is 8. The van der Waals surface area contributed by atoms with Crippen molar-refractivity contribution in [2.24, 2.45) is 5.10 Å². The fraction of sp³-hybridized carbons (Fsp3) is 0.211. The molecule has 150 valence electrons. The van der Waals surface area contributed by atoms with E-state index >= 15 is 0 Å². The summed E-state index contributed by atoms with van der Waals surface area (Å²) in [4.78, 5) is 10.9. The Kier molecular flexibility index (Phi) is 6.35. The van der Waals surface area contributed by atoms with Crippen LogP contribution in [-0.4, -0.2) is 39.7 Å². The van der Waals surface area contributed by atoms with E-state index < -0.39 is 4.92 Å². The Balaban J connectivity index is 1.97. The Morgan fingerprint density at radius 3 is 2.76 bits per heavy atom. The van der Waals surface area contributed by atoms with Crippen LogP contribution >= 0.6 is 12.2 Å². The van der Waals surface area contributed by atoms with Gasteiger partial charge < -0.3 is 9.47 Å². The number of hydrogen-bond donors (Lipinski definition) is 1. The summed E-state index contributed by atoms with van der Waals surface area (Å²) in [5, 5.41) is 22.7. The first-order valence-corrected chi connectivity index (χ1v) is 9.18. The monoisotopic (exact) mass is 413 g/mol. The molecule has 1 aromatic heterocycles. The van der Waals surface area contributed by atoms with Crippen molar-refractivity contribution in [2.45, 2.75) is 13.3 Å². The molecule has 0 aliphatic rings. The van der Waals surface area contributed by atoms with Gasteiger partial charge in [0.15, 0.2) is 11.6 Å². The normalized spacial score (nSPS) is 11.0. The molecule has 0 atom stereocenters. The maximum Gasteiger partial charge on any atom is 0.315 e. The van der Waals surface area contributed by atoms with Crippen molar-refractivity contribution < 1.29 is 14.4 Å². The number of ether oxygens (including phenoxy) is 2. The van der Waals surface area contributed by atoms with Gasteiger partial charge >= 0.3 is 5.69 Å². The second-order valence-corrected chi connectivity index (χ2v) is 6.31. The zero-order valence-corrected chi connectivity index (χ0v) is 16.7. The number of hydrogen-bond acceptors (Lipinski definition) is 7. The van der Waals surface area contributed by atoms with Crippen LogP contribution in [0, 0.1) is 14.9 Å². The molecule has 9 nitrogen and oxygen atoms in total. The third-order valence-electron chi connectivity index (χ3n) is 4.00. The Labute approximate surface area is 171 Å². The first-order valence-electron chi connectivity index (χ1n) is 8.77. The van der Waals surface area contributed by atoms with Crippen molar-refractivity contribution >= 4 is 24.1 Å². The fourth-order valence-electron chi connectivity index (χ4n) is 2.75. The van der Waals surface area contributed by atoms with E-state index in [2.05, 4.69) is 15.3 Å². The van der Waals surface area contributed by atoms with Crippen molar-refractivity contribution in [3.8, 4) is 11.5 Å². The molecule has 0 bridgehead atoms. The summed E-state index contributed by atoms with van der Waals surface area (Å²) in [5.41, 5.74) is 1.31. The Morgan fingerprint density at radius 2 is 2.10 bits per heavy atom. The van der Waals surface area contributed by atoms with E-state index in [0.29, 0.717) is 29.2 Å². The van der Waals surface area contributed by atoms with Gasteiger partial charge in [0.1, 0.15) is 0 Å². The largest absolute Gasteiger partial charge is 0.490 e. The number of nitrogens with zero attached hydrogens (tertiary/aromatic N) is 4. The van der Waals surface area contributed by atoms with Crippen molar-refractivity contribution in [1.29, 1.82) is 0 Å². The zero-order valence-electron chi connectivity index (χ0n) is 15.9. The summed E-state index contributed by atoms with van der Waals surface area (Å²) < 4.78 is 12.4. The summed E-state index contributed by atoms with van der Waals surface area (Å²) in [6.07, 6.45) is 1.99. The molecule has 0 spiro atoms. The maximum absolute atomic E-state index is 11.4. The van der Waals surface area contributed by atoms with E-state index in [9.17, 15) is 10.1 Å². The summed E-state index contributed by atoms with van der Waals surface area (Å²) in [6.45, 7) is 2.12. The van der Waals surface area contributed by atoms with Gasteiger partial charge in [0.05, 0.1) is 24.9 Å². The molecular weight excluding hydrogens is 394 g/mol. The van der Waals surface area contributed by atoms with Crippen LogP contribution in [-0.2, 0) is 6.42 Å². The van der Waals surface area contributed by atoms with Gasteiger partial charge in [-0.2, -0.15) is 14.9 Å². The second kappa shape index (κ2) is 9.11. The highest BCUT2D eigenvalue weighted by molar-refractivity contribution is 7.71. The van der Waals surface area contributed by atoms with Crippen molar-refractivity contribution in [1.82, 2.24) is 14.9 Å². The lowest BCUT2D eigenvalue weighted by atomic mass is 10.1. The lowest BCUT2D eigenvalue weighted by Crippen LogP contribution is -2.02. The molecule has 3 rings (SSSR count). The van der Waals surface area contributed by atoms with Crippen LogP contribution in [0.15, 0.2) is 47.6 Å². The standard InChI is InChI=1S/C19H19N5O4S/c1-3-28-16-10-14(9-15(24(25)26)18(16)27-2)12-20-23-17(21-22-19(23)29)11-13-7-5-4-6-8-13/h4-10,12H,3,11H2,1-2H3,(H,22,29)/b20-12-. The third kappa shape index (κ3) is 4.66. The molecule has 10 heteroatoms. The predicted octanol–water partition coefficient (Wildman–Crippen LogP) is 3.73. The quantitative estimate of drug-likeness (QED) is 0.261. The maximum atomic E-state index is 11.4. The first kappa shape index (κ1) is 20.2. The van der Waals surface area contributed by atoms with Crippen molar-refractivity contribution in [2.75, 3.05) is 13.7 Å². The van der Waals surface area contributed by atoms with Crippen LogP contribution in [0.25, 0.3) is 0 Å². The summed E-state index contributed by atoms with van der Waals surface area (Å²) in [5.74, 6) is 0.954. The fourth-order valence-corrected chi connectivity index (χ4v) is 2.95. The van der Waals surface area contributed by atoms with Crippen LogP contribution in [0.5, 0.6) is 11.5 Å². The van der Waals surface area contributed by atoms with Gasteiger partial charge in [-0.1, -0.05) is 30.3 Å². The van der Waals surface area contributed by atoms with Gasteiger partial charge in [0, 0.05) is 18.1 Å². The van der Waals surface area contributed by atoms with Crippen LogP contribution in [0.3, 0.4) is 0 Å². The highest BCUT2D eigenvalue weighted by Gasteiger charge is 2.21. The number of methoxy groups -OCH3 is 1. The lowest BCUT2D eigenvalue weighted by Gasteiger charge is -2.10. The Bertz CT molecular complexity index is 1090. The van der Waals surface area contributed by atoms with Gasteiger partial charge in [0.2, 0.25) is 10.5 Å². The molecular formula is C19H19N5O4S. The third-order valence-corrected chi connectivity index (χ3v) is 4.27. The second-order valence-electron chi connectivity index (χ2n) is 5.93. The van der Waals surface area contributed by atoms with Crippen molar-refractivity contribution in [3.05, 3.63) is 74.3 Å². The minimum atomic E-state index is -0.525. The van der Waals surface area contributed by atoms with Crippen molar-refractivity contribution in [3.63, 3.8) is 0 Å². The number of nitrogens with one attached hydrogen (secondary N) is 1. The van der Waals surface area contributed by atoms with Crippen LogP contribution < -0.4 is 9.47 Å². The van der Waals surface area contributed by atoms with E-state index in [1.807, 2.05) is 30.3 Å². The molecule has 0 aliphatic carbocycles. The number of aromatic amines is 1. The first-order chi connectivity index (χ1) is 14.0. The highest BCUT2D eigenvalue weighted by atomic mass is 32.1. The molecule has 0 unspecified atom stereocenters. The average Bonchev–Trinajstić information content (AvgIpc) is 3.06. The van der Waals surface area contributed by atoms with Crippen LogP contribution in [0.1, 0.15) is 23.9 Å². The highest BCUT2D eigenvalue weighted by Crippen LogP contribution is 2.37. The Hall–Kier alpha value is -3.53. The minimum Gasteiger partial charge on any atom is -0.490 e. The molecule has 3 aromatic rings. The SMILES string of the molecule is CCOc1cc(/C=N\n2c(Cc3ccccc3)n[nH]c2=S)cc([N+](=O)[O-])c1OC. The summed E-state index contributed by atoms with van der Waals surface area (Å²) >= 11 is 5.26. The molecule has 0 fully saturated rings. The smallest absolute Gasteiger partial charge is 0.315 e. The number of benzene rings is 2. The van der Waals surface area contributed by atoms with Gasteiger partial charge in [-0.05, 0) is 30.8 Å². The molecule has 0 radical (unpaired) electrons. The summed E-state index contributed by atoms with van der Waals surface area (Å²) in [6, 6.07) is 12.8. The number of H-pyrrole nitrogens is 1. The van der Waals surface area contributed by atoms with E-state index in [4.69, 9.17) is 21.7 Å². The summed E-state index contributed by atoms with van der Waals surface area (Å²) in [7, 11) is 1.36.